The summed E-state index contributed by atoms with van der Waals surface area (Å²) >= 11 is 1.77. The minimum Gasteiger partial charge on any atom is -0.354 e. The molecule has 0 aromatic rings. The molecule has 3 N–H and O–H groups in total. The van der Waals surface area contributed by atoms with Gasteiger partial charge in [-0.25, -0.2) is 0 Å². The van der Waals surface area contributed by atoms with Crippen LogP contribution in [0.5, 0.6) is 0 Å². The van der Waals surface area contributed by atoms with Crippen molar-refractivity contribution in [3.63, 3.8) is 0 Å². The first-order valence-corrected chi connectivity index (χ1v) is 7.02. The number of rotatable bonds is 8. The number of carbonyl (C=O) groups excluding carboxylic acids is 1. The maximum atomic E-state index is 11.4. The molecule has 0 bridgehead atoms. The van der Waals surface area contributed by atoms with Crippen molar-refractivity contribution >= 4 is 17.7 Å². The molecule has 15 heavy (non-hydrogen) atoms. The van der Waals surface area contributed by atoms with Crippen molar-refractivity contribution in [2.75, 3.05) is 18.6 Å². The van der Waals surface area contributed by atoms with E-state index in [0.717, 1.165) is 25.0 Å². The Bertz CT molecular complexity index is 181. The lowest BCUT2D eigenvalue weighted by Crippen LogP contribution is -2.49. The van der Waals surface area contributed by atoms with Crippen LogP contribution in [-0.4, -0.2) is 30.0 Å². The highest BCUT2D eigenvalue weighted by molar-refractivity contribution is 7.98. The van der Waals surface area contributed by atoms with E-state index in [-0.39, 0.29) is 11.4 Å². The van der Waals surface area contributed by atoms with E-state index >= 15 is 0 Å². The third kappa shape index (κ3) is 6.79. The molecule has 0 aromatic carbocycles. The van der Waals surface area contributed by atoms with Crippen LogP contribution in [0.15, 0.2) is 0 Å². The van der Waals surface area contributed by atoms with Crippen molar-refractivity contribution in [1.82, 2.24) is 5.32 Å². The van der Waals surface area contributed by atoms with Crippen LogP contribution in [0.3, 0.4) is 0 Å². The molecule has 0 aromatic heterocycles. The van der Waals surface area contributed by atoms with Crippen LogP contribution in [0, 0.1) is 0 Å². The summed E-state index contributed by atoms with van der Waals surface area (Å²) in [5.74, 6) is 1.17. The molecular formula is C11H24N2OS. The molecule has 0 radical (unpaired) electrons. The number of amides is 1. The number of carbonyl (C=O) groups is 1. The van der Waals surface area contributed by atoms with Crippen LogP contribution in [-0.2, 0) is 4.79 Å². The molecule has 0 atom stereocenters. The summed E-state index contributed by atoms with van der Waals surface area (Å²) < 4.78 is 0. The molecular weight excluding hydrogens is 208 g/mol. The first-order valence-electron chi connectivity index (χ1n) is 5.62. The van der Waals surface area contributed by atoms with Crippen molar-refractivity contribution in [1.29, 1.82) is 0 Å². The van der Waals surface area contributed by atoms with Gasteiger partial charge in [-0.1, -0.05) is 13.8 Å². The summed E-state index contributed by atoms with van der Waals surface area (Å²) in [5, 5.41) is 2.91. The Morgan fingerprint density at radius 1 is 1.40 bits per heavy atom. The first kappa shape index (κ1) is 14.8. The highest BCUT2D eigenvalue weighted by Gasteiger charge is 2.20. The fourth-order valence-corrected chi connectivity index (χ4v) is 1.67. The van der Waals surface area contributed by atoms with Crippen molar-refractivity contribution in [2.45, 2.75) is 45.1 Å². The largest absolute Gasteiger partial charge is 0.354 e. The predicted octanol–water partition coefficient (Wildman–Crippen LogP) is 1.76. The molecule has 0 fully saturated rings. The maximum Gasteiger partial charge on any atom is 0.220 e. The molecule has 0 aliphatic heterocycles. The molecule has 0 aliphatic rings. The monoisotopic (exact) mass is 232 g/mol. The molecule has 4 heteroatoms. The average Bonchev–Trinajstić information content (AvgIpc) is 2.26. The Balaban J connectivity index is 3.69. The fourth-order valence-electron chi connectivity index (χ4n) is 1.24. The van der Waals surface area contributed by atoms with E-state index in [0.29, 0.717) is 13.0 Å². The molecule has 0 heterocycles. The Morgan fingerprint density at radius 3 is 2.47 bits per heavy atom. The molecule has 0 rings (SSSR count). The van der Waals surface area contributed by atoms with Crippen LogP contribution in [0.2, 0.25) is 0 Å². The number of hydrogen-bond donors (Lipinski definition) is 2. The number of nitrogens with two attached hydrogens (primary N) is 1. The van der Waals surface area contributed by atoms with Crippen LogP contribution >= 0.6 is 11.8 Å². The first-order chi connectivity index (χ1) is 7.08. The maximum absolute atomic E-state index is 11.4. The van der Waals surface area contributed by atoms with Crippen molar-refractivity contribution in [3.8, 4) is 0 Å². The topological polar surface area (TPSA) is 55.1 Å². The summed E-state index contributed by atoms with van der Waals surface area (Å²) in [5.41, 5.74) is 5.85. The quantitative estimate of drug-likeness (QED) is 0.627. The fraction of sp³-hybridized carbons (Fsp3) is 0.909. The lowest BCUT2D eigenvalue weighted by atomic mass is 9.94. The van der Waals surface area contributed by atoms with Crippen LogP contribution in [0.4, 0.5) is 0 Å². The Kier molecular flexibility index (Phi) is 7.88. The second-order valence-electron chi connectivity index (χ2n) is 3.94. The van der Waals surface area contributed by atoms with Crippen LogP contribution in [0.1, 0.15) is 39.5 Å². The van der Waals surface area contributed by atoms with Gasteiger partial charge in [0, 0.05) is 18.5 Å². The molecule has 0 unspecified atom stereocenters. The molecule has 90 valence electrons. The normalized spacial score (nSPS) is 11.5. The zero-order valence-electron chi connectivity index (χ0n) is 10.1. The summed E-state index contributed by atoms with van der Waals surface area (Å²) in [6.45, 7) is 4.71. The molecule has 0 saturated heterocycles. The molecule has 0 aliphatic carbocycles. The molecule has 3 nitrogen and oxygen atoms in total. The Labute approximate surface area is 97.6 Å². The summed E-state index contributed by atoms with van der Waals surface area (Å²) in [7, 11) is 0. The average molecular weight is 232 g/mol. The van der Waals surface area contributed by atoms with Crippen molar-refractivity contribution < 1.29 is 4.79 Å². The van der Waals surface area contributed by atoms with Gasteiger partial charge in [-0.3, -0.25) is 4.79 Å². The van der Waals surface area contributed by atoms with E-state index < -0.39 is 0 Å². The van der Waals surface area contributed by atoms with E-state index in [9.17, 15) is 4.79 Å². The van der Waals surface area contributed by atoms with Gasteiger partial charge >= 0.3 is 0 Å². The smallest absolute Gasteiger partial charge is 0.220 e. The zero-order valence-corrected chi connectivity index (χ0v) is 11.0. The highest BCUT2D eigenvalue weighted by atomic mass is 32.2. The van der Waals surface area contributed by atoms with Gasteiger partial charge in [-0.15, -0.1) is 0 Å². The van der Waals surface area contributed by atoms with Gasteiger partial charge in [0.25, 0.3) is 0 Å². The molecule has 1 amide bonds. The van der Waals surface area contributed by atoms with Crippen molar-refractivity contribution in [2.24, 2.45) is 5.73 Å². The van der Waals surface area contributed by atoms with Gasteiger partial charge in [0.05, 0.1) is 0 Å². The second-order valence-corrected chi connectivity index (χ2v) is 4.93. The van der Waals surface area contributed by atoms with Crippen molar-refractivity contribution in [3.05, 3.63) is 0 Å². The van der Waals surface area contributed by atoms with Gasteiger partial charge in [0.2, 0.25) is 5.91 Å². The standard InChI is InChI=1S/C11H24N2OS/c1-4-11(12,5-2)9-13-10(14)7-6-8-15-3/h4-9,12H2,1-3H3,(H,13,14). The van der Waals surface area contributed by atoms with Gasteiger partial charge in [-0.05, 0) is 31.3 Å². The summed E-state index contributed by atoms with van der Waals surface area (Å²) in [4.78, 5) is 11.4. The van der Waals surface area contributed by atoms with Gasteiger partial charge in [-0.2, -0.15) is 11.8 Å². The lowest BCUT2D eigenvalue weighted by molar-refractivity contribution is -0.121. The predicted molar refractivity (Wildman–Crippen MR) is 68.1 cm³/mol. The van der Waals surface area contributed by atoms with Crippen LogP contribution in [0.25, 0.3) is 0 Å². The van der Waals surface area contributed by atoms with Gasteiger partial charge in [0.1, 0.15) is 0 Å². The third-order valence-electron chi connectivity index (χ3n) is 2.80. The number of nitrogens with one attached hydrogen (secondary N) is 1. The Hall–Kier alpha value is -0.220. The number of thioether (sulfide) groups is 1. The van der Waals surface area contributed by atoms with E-state index in [2.05, 4.69) is 25.4 Å². The lowest BCUT2D eigenvalue weighted by Gasteiger charge is -2.26. The highest BCUT2D eigenvalue weighted by Crippen LogP contribution is 2.09. The summed E-state index contributed by atoms with van der Waals surface area (Å²) in [6.07, 6.45) is 5.41. The number of hydrogen-bond acceptors (Lipinski definition) is 3. The summed E-state index contributed by atoms with van der Waals surface area (Å²) in [6, 6.07) is 0. The van der Waals surface area contributed by atoms with Gasteiger partial charge in [0.15, 0.2) is 0 Å². The van der Waals surface area contributed by atoms with E-state index in [1.54, 1.807) is 11.8 Å². The minimum absolute atomic E-state index is 0.126. The van der Waals surface area contributed by atoms with E-state index in [1.807, 2.05) is 0 Å². The third-order valence-corrected chi connectivity index (χ3v) is 3.50. The molecule has 0 spiro atoms. The SMILES string of the molecule is CCC(N)(CC)CNC(=O)CCCSC. The minimum atomic E-state index is -0.227. The van der Waals surface area contributed by atoms with E-state index in [4.69, 9.17) is 5.73 Å². The van der Waals surface area contributed by atoms with E-state index in [1.165, 1.54) is 0 Å². The van der Waals surface area contributed by atoms with Crippen LogP contribution < -0.4 is 11.1 Å². The Morgan fingerprint density at radius 2 is 2.00 bits per heavy atom. The zero-order chi connectivity index (χ0) is 11.7. The molecule has 0 saturated carbocycles. The van der Waals surface area contributed by atoms with Gasteiger partial charge < -0.3 is 11.1 Å². The second kappa shape index (κ2) is 7.99.